The summed E-state index contributed by atoms with van der Waals surface area (Å²) < 4.78 is 26.6. The van der Waals surface area contributed by atoms with Gasteiger partial charge in [0.25, 0.3) is 11.5 Å². The lowest BCUT2D eigenvalue weighted by Crippen LogP contribution is -2.41. The number of nitrogens with zero attached hydrogens (tertiary/aromatic N) is 6. The molecule has 47 heavy (non-hydrogen) atoms. The van der Waals surface area contributed by atoms with Gasteiger partial charge >= 0.3 is 5.97 Å². The quantitative estimate of drug-likeness (QED) is 0.297. The molecular weight excluding hydrogens is 601 g/mol. The third kappa shape index (κ3) is 5.44. The van der Waals surface area contributed by atoms with E-state index in [2.05, 4.69) is 14.8 Å². The molecule has 0 radical (unpaired) electrons. The number of benzene rings is 1. The Balaban J connectivity index is 1.17. The fraction of sp³-hybridized carbons (Fsp3) is 0.429. The predicted molar refractivity (Wildman–Crippen MR) is 174 cm³/mol. The highest BCUT2D eigenvalue weighted by atomic mass is 19.1. The number of nitrogens with one attached hydrogen (secondary N) is 1. The zero-order chi connectivity index (χ0) is 32.4. The predicted octanol–water partition coefficient (Wildman–Crippen LogP) is 4.51. The van der Waals surface area contributed by atoms with E-state index >= 15 is 4.39 Å². The summed E-state index contributed by atoms with van der Waals surface area (Å²) in [4.78, 5) is 43.4. The molecule has 0 spiro atoms. The number of aromatic nitrogens is 4. The van der Waals surface area contributed by atoms with Gasteiger partial charge in [-0.15, -0.1) is 0 Å². The number of pyridine rings is 1. The number of fused-ring (bicyclic) bond motifs is 4. The summed E-state index contributed by atoms with van der Waals surface area (Å²) in [5, 5.41) is 7.92. The maximum Gasteiger partial charge on any atom is 0.302 e. The molecule has 4 aromatic rings. The standard InChI is InChI=1S/C35H38FN7O4/c1-21(44)47-20-28-27(15-24(36)16-31(28)42-11-10-41-30-6-4-3-5-22(30)14-32(41)35(42)46)23-13-29(34(45)39(2)18-23)37-33-17-26-19-40(25-7-8-25)9-12-43(26)38-33/h13-18,25H,3-12,19-20H2,1-2H3,(H,37,38). The number of hydrogen-bond acceptors (Lipinski definition) is 7. The van der Waals surface area contributed by atoms with Crippen LogP contribution >= 0.6 is 0 Å². The fourth-order valence-corrected chi connectivity index (χ4v) is 7.50. The molecule has 3 aromatic heterocycles. The lowest BCUT2D eigenvalue weighted by molar-refractivity contribution is -0.142. The van der Waals surface area contributed by atoms with Crippen molar-refractivity contribution in [2.75, 3.05) is 23.3 Å². The van der Waals surface area contributed by atoms with Crippen LogP contribution in [0, 0.1) is 5.82 Å². The van der Waals surface area contributed by atoms with Gasteiger partial charge < -0.3 is 24.1 Å². The number of carbonyl (C=O) groups excluding carboxylic acids is 2. The van der Waals surface area contributed by atoms with Crippen LogP contribution in [-0.2, 0) is 55.7 Å². The van der Waals surface area contributed by atoms with Gasteiger partial charge in [0.2, 0.25) is 0 Å². The zero-order valence-electron chi connectivity index (χ0n) is 26.7. The average Bonchev–Trinajstić information content (AvgIpc) is 3.72. The number of aryl methyl sites for hydroxylation is 2. The lowest BCUT2D eigenvalue weighted by atomic mass is 9.97. The van der Waals surface area contributed by atoms with Gasteiger partial charge in [-0.05, 0) is 73.9 Å². The Kier molecular flexibility index (Phi) is 7.27. The molecule has 1 saturated carbocycles. The Hall–Kier alpha value is -4.71. The zero-order valence-corrected chi connectivity index (χ0v) is 26.7. The Morgan fingerprint density at radius 1 is 1.04 bits per heavy atom. The smallest absolute Gasteiger partial charge is 0.302 e. The third-order valence-corrected chi connectivity index (χ3v) is 9.97. The highest BCUT2D eigenvalue weighted by molar-refractivity contribution is 6.07. The number of rotatable bonds is 7. The van der Waals surface area contributed by atoms with Gasteiger partial charge in [-0.3, -0.25) is 24.0 Å². The first kappa shape index (κ1) is 29.7. The summed E-state index contributed by atoms with van der Waals surface area (Å²) in [6, 6.07) is 8.99. The number of esters is 1. The number of ether oxygens (including phenoxy) is 1. The minimum absolute atomic E-state index is 0.168. The number of hydrogen-bond donors (Lipinski definition) is 1. The molecule has 0 atom stereocenters. The lowest BCUT2D eigenvalue weighted by Gasteiger charge is -2.32. The van der Waals surface area contributed by atoms with Gasteiger partial charge in [-0.1, -0.05) is 0 Å². The first-order valence-corrected chi connectivity index (χ1v) is 16.5. The molecule has 1 amide bonds. The molecule has 12 heteroatoms. The second-order valence-corrected chi connectivity index (χ2v) is 13.2. The maximum atomic E-state index is 15.6. The van der Waals surface area contributed by atoms with E-state index in [9.17, 15) is 14.4 Å². The molecular formula is C35H38FN7O4. The maximum absolute atomic E-state index is 15.6. The Morgan fingerprint density at radius 3 is 2.68 bits per heavy atom. The van der Waals surface area contributed by atoms with Crippen molar-refractivity contribution in [3.63, 3.8) is 0 Å². The van der Waals surface area contributed by atoms with E-state index in [1.165, 1.54) is 47.7 Å². The summed E-state index contributed by atoms with van der Waals surface area (Å²) >= 11 is 0. The van der Waals surface area contributed by atoms with E-state index in [1.54, 1.807) is 24.2 Å². The average molecular weight is 640 g/mol. The molecule has 0 saturated heterocycles. The normalized spacial score (nSPS) is 17.7. The van der Waals surface area contributed by atoms with E-state index in [4.69, 9.17) is 9.84 Å². The van der Waals surface area contributed by atoms with E-state index in [1.807, 2.05) is 16.8 Å². The Labute approximate surface area is 271 Å². The second-order valence-electron chi connectivity index (χ2n) is 13.2. The molecule has 1 fully saturated rings. The van der Waals surface area contributed by atoms with Crippen LogP contribution in [0.2, 0.25) is 0 Å². The number of halogens is 1. The van der Waals surface area contributed by atoms with Crippen LogP contribution in [0.5, 0.6) is 0 Å². The SMILES string of the molecule is CC(=O)OCc1c(-c2cc(Nc3cc4n(n3)CCN(C3CC3)C4)c(=O)n(C)c2)cc(F)cc1N1CCn2c(cc3c2CCCC3)C1=O. The van der Waals surface area contributed by atoms with Crippen molar-refractivity contribution in [3.8, 4) is 11.1 Å². The first-order chi connectivity index (χ1) is 22.7. The van der Waals surface area contributed by atoms with E-state index in [0.717, 1.165) is 51.0 Å². The summed E-state index contributed by atoms with van der Waals surface area (Å²) in [5.74, 6) is -0.681. The monoisotopic (exact) mass is 639 g/mol. The van der Waals surface area contributed by atoms with E-state index < -0.39 is 11.8 Å². The number of anilines is 3. The van der Waals surface area contributed by atoms with Crippen molar-refractivity contribution in [2.45, 2.75) is 77.7 Å². The summed E-state index contributed by atoms with van der Waals surface area (Å²) in [5.41, 5.74) is 5.94. The fourth-order valence-electron chi connectivity index (χ4n) is 7.50. The highest BCUT2D eigenvalue weighted by Crippen LogP contribution is 2.37. The van der Waals surface area contributed by atoms with Gasteiger partial charge in [0.15, 0.2) is 5.82 Å². The summed E-state index contributed by atoms with van der Waals surface area (Å²) in [6.07, 6.45) is 8.22. The van der Waals surface area contributed by atoms with Crippen molar-refractivity contribution >= 4 is 29.1 Å². The van der Waals surface area contributed by atoms with Crippen LogP contribution < -0.4 is 15.8 Å². The van der Waals surface area contributed by atoms with Crippen molar-refractivity contribution in [1.29, 1.82) is 0 Å². The van der Waals surface area contributed by atoms with Crippen molar-refractivity contribution < 1.29 is 18.7 Å². The summed E-state index contributed by atoms with van der Waals surface area (Å²) in [6.45, 7) is 4.66. The molecule has 1 aromatic carbocycles. The van der Waals surface area contributed by atoms with Crippen LogP contribution in [0.1, 0.15) is 65.6 Å². The Morgan fingerprint density at radius 2 is 1.87 bits per heavy atom. The van der Waals surface area contributed by atoms with Crippen LogP contribution in [0.3, 0.4) is 0 Å². The Bertz CT molecular complexity index is 1990. The van der Waals surface area contributed by atoms with Crippen LogP contribution in [0.4, 0.5) is 21.6 Å². The van der Waals surface area contributed by atoms with E-state index in [-0.39, 0.29) is 23.8 Å². The van der Waals surface area contributed by atoms with Gasteiger partial charge in [0.05, 0.1) is 17.9 Å². The van der Waals surface area contributed by atoms with Crippen molar-refractivity contribution in [3.05, 3.63) is 80.9 Å². The minimum Gasteiger partial charge on any atom is -0.461 e. The van der Waals surface area contributed by atoms with E-state index in [0.29, 0.717) is 53.0 Å². The van der Waals surface area contributed by atoms with Gasteiger partial charge in [0, 0.05) is 75.3 Å². The molecule has 0 bridgehead atoms. The molecule has 244 valence electrons. The molecule has 1 N–H and O–H groups in total. The van der Waals surface area contributed by atoms with Crippen LogP contribution in [0.15, 0.2) is 41.3 Å². The van der Waals surface area contributed by atoms with Gasteiger partial charge in [-0.2, -0.15) is 5.10 Å². The third-order valence-electron chi connectivity index (χ3n) is 9.97. The largest absolute Gasteiger partial charge is 0.461 e. The van der Waals surface area contributed by atoms with Crippen molar-refractivity contribution in [1.82, 2.24) is 23.8 Å². The van der Waals surface area contributed by atoms with Crippen LogP contribution in [0.25, 0.3) is 11.1 Å². The molecule has 11 nitrogen and oxygen atoms in total. The van der Waals surface area contributed by atoms with Gasteiger partial charge in [0.1, 0.15) is 23.8 Å². The highest BCUT2D eigenvalue weighted by Gasteiger charge is 2.33. The molecule has 8 rings (SSSR count). The number of amides is 1. The molecule has 0 unspecified atom stereocenters. The molecule has 4 aliphatic rings. The summed E-state index contributed by atoms with van der Waals surface area (Å²) in [7, 11) is 1.64. The molecule has 5 heterocycles. The second kappa shape index (κ2) is 11.5. The topological polar surface area (TPSA) is 107 Å². The van der Waals surface area contributed by atoms with Crippen molar-refractivity contribution in [2.24, 2.45) is 7.05 Å². The molecule has 2 aliphatic heterocycles. The molecule has 2 aliphatic carbocycles. The minimum atomic E-state index is -0.542. The number of carbonyl (C=O) groups is 2. The first-order valence-electron chi connectivity index (χ1n) is 16.5. The van der Waals surface area contributed by atoms with Crippen LogP contribution in [-0.4, -0.2) is 54.8 Å². The van der Waals surface area contributed by atoms with Gasteiger partial charge in [-0.25, -0.2) is 4.39 Å².